The number of benzene rings is 2. The van der Waals surface area contributed by atoms with E-state index in [1.807, 2.05) is 22.8 Å². The van der Waals surface area contributed by atoms with Gasteiger partial charge in [-0.2, -0.15) is 0 Å². The second-order valence-electron chi connectivity index (χ2n) is 6.09. The molecule has 1 aliphatic heterocycles. The van der Waals surface area contributed by atoms with Crippen LogP contribution in [0.3, 0.4) is 0 Å². The van der Waals surface area contributed by atoms with E-state index < -0.39 is 27.4 Å². The first-order valence-corrected chi connectivity index (χ1v) is 9.30. The molecule has 0 radical (unpaired) electrons. The molecule has 1 aliphatic rings. The molecule has 4 rings (SSSR count). The van der Waals surface area contributed by atoms with Crippen molar-refractivity contribution in [1.82, 2.24) is 9.88 Å². The van der Waals surface area contributed by atoms with E-state index in [1.54, 1.807) is 12.3 Å². The second-order valence-corrected chi connectivity index (χ2v) is 7.79. The highest BCUT2D eigenvalue weighted by atomic mass is 32.2. The number of hydrogen-bond donors (Lipinski definition) is 1. The van der Waals surface area contributed by atoms with Crippen LogP contribution in [0.1, 0.15) is 16.4 Å². The number of nitrogens with one attached hydrogen (secondary N) is 1. The molecule has 0 bridgehead atoms. The lowest BCUT2D eigenvalue weighted by atomic mass is 10.1. The van der Waals surface area contributed by atoms with Crippen molar-refractivity contribution in [3.63, 3.8) is 0 Å². The van der Waals surface area contributed by atoms with Crippen LogP contribution in [-0.4, -0.2) is 21.6 Å². The largest absolute Gasteiger partial charge is 0.343 e. The Balaban J connectivity index is 1.77. The first-order chi connectivity index (χ1) is 12.4. The molecule has 0 spiro atoms. The maximum atomic E-state index is 13.4. The Morgan fingerprint density at radius 1 is 1.12 bits per heavy atom. The van der Waals surface area contributed by atoms with Gasteiger partial charge in [0.25, 0.3) is 5.24 Å². The number of fused-ring (bicyclic) bond motifs is 1. The monoisotopic (exact) mass is 372 g/mol. The Kier molecular flexibility index (Phi) is 3.96. The third-order valence-corrected chi connectivity index (χ3v) is 6.01. The lowest BCUT2D eigenvalue weighted by Gasteiger charge is -2.11. The zero-order valence-corrected chi connectivity index (χ0v) is 14.4. The number of carbonyl (C=O) groups excluding carboxylic acids is 2. The minimum absolute atomic E-state index is 0.285. The molecule has 1 N–H and O–H groups in total. The van der Waals surface area contributed by atoms with Crippen LogP contribution in [-0.2, 0) is 11.3 Å². The van der Waals surface area contributed by atoms with Crippen molar-refractivity contribution >= 4 is 38.4 Å². The summed E-state index contributed by atoms with van der Waals surface area (Å²) in [4.78, 5) is 23.9. The first-order valence-electron chi connectivity index (χ1n) is 7.84. The predicted molar refractivity (Wildman–Crippen MR) is 98.4 cm³/mol. The molecule has 1 saturated heterocycles. The number of aromatic nitrogens is 1. The topological polar surface area (TPSA) is 51.1 Å². The third kappa shape index (κ3) is 2.74. The van der Waals surface area contributed by atoms with Gasteiger partial charge in [-0.05, 0) is 35.4 Å². The molecule has 2 aromatic carbocycles. The molecule has 0 saturated carbocycles. The van der Waals surface area contributed by atoms with Crippen LogP contribution in [0, 0.1) is 11.6 Å². The third-order valence-electron chi connectivity index (χ3n) is 4.39. The number of hydrogen-bond acceptors (Lipinski definition) is 2. The summed E-state index contributed by atoms with van der Waals surface area (Å²) in [6.45, 7) is 0.285. The van der Waals surface area contributed by atoms with Crippen molar-refractivity contribution < 1.29 is 18.4 Å². The zero-order valence-electron chi connectivity index (χ0n) is 13.5. The second kappa shape index (κ2) is 6.17. The van der Waals surface area contributed by atoms with E-state index in [0.29, 0.717) is 5.56 Å². The van der Waals surface area contributed by atoms with E-state index >= 15 is 0 Å². The van der Waals surface area contributed by atoms with Gasteiger partial charge in [-0.25, -0.2) is 8.78 Å². The molecular formula is C19H14F2N2O2S. The van der Waals surface area contributed by atoms with Crippen molar-refractivity contribution in [3.05, 3.63) is 71.4 Å². The Hall–Kier alpha value is -2.80. The van der Waals surface area contributed by atoms with Crippen LogP contribution < -0.4 is 5.32 Å². The molecule has 1 fully saturated rings. The minimum atomic E-state index is -0.985. The smallest absolute Gasteiger partial charge is 0.280 e. The molecule has 26 heavy (non-hydrogen) atoms. The Morgan fingerprint density at radius 3 is 2.50 bits per heavy atom. The van der Waals surface area contributed by atoms with Crippen LogP contribution in [0.25, 0.3) is 10.9 Å². The van der Waals surface area contributed by atoms with E-state index in [2.05, 4.69) is 11.2 Å². The summed E-state index contributed by atoms with van der Waals surface area (Å²) in [5.74, 6) is 2.23. The van der Waals surface area contributed by atoms with Crippen molar-refractivity contribution in [2.45, 2.75) is 11.8 Å². The summed E-state index contributed by atoms with van der Waals surface area (Å²) >= 11 is 0. The fraction of sp³-hybridized carbons (Fsp3) is 0.105. The van der Waals surface area contributed by atoms with Gasteiger partial charge in [0.2, 0.25) is 5.91 Å². The number of imide groups is 1. The fourth-order valence-corrected chi connectivity index (χ4v) is 4.55. The first kappa shape index (κ1) is 16.7. The minimum Gasteiger partial charge on any atom is -0.343 e. The molecule has 7 heteroatoms. The van der Waals surface area contributed by atoms with Gasteiger partial charge in [0, 0.05) is 29.7 Å². The van der Waals surface area contributed by atoms with Crippen molar-refractivity contribution in [2.75, 3.05) is 0 Å². The van der Waals surface area contributed by atoms with Crippen molar-refractivity contribution in [2.24, 2.45) is 0 Å². The lowest BCUT2D eigenvalue weighted by molar-refractivity contribution is -0.119. The van der Waals surface area contributed by atoms with Crippen molar-refractivity contribution in [3.8, 4) is 0 Å². The SMILES string of the molecule is C=S1C(=O)NC(=O)C1c1cccc2c1ccn2Cc1cc(F)cc(F)c1. The van der Waals surface area contributed by atoms with Gasteiger partial charge in [0.1, 0.15) is 16.9 Å². The molecule has 2 amide bonds. The average molecular weight is 372 g/mol. The van der Waals surface area contributed by atoms with E-state index in [-0.39, 0.29) is 17.7 Å². The lowest BCUT2D eigenvalue weighted by Crippen LogP contribution is -2.20. The maximum absolute atomic E-state index is 13.4. The van der Waals surface area contributed by atoms with Crippen LogP contribution in [0.2, 0.25) is 0 Å². The molecule has 2 heterocycles. The van der Waals surface area contributed by atoms with E-state index in [9.17, 15) is 18.4 Å². The summed E-state index contributed by atoms with van der Waals surface area (Å²) in [6, 6.07) is 10.7. The quantitative estimate of drug-likeness (QED) is 0.708. The highest BCUT2D eigenvalue weighted by molar-refractivity contribution is 8.28. The van der Waals surface area contributed by atoms with Gasteiger partial charge >= 0.3 is 0 Å². The summed E-state index contributed by atoms with van der Waals surface area (Å²) in [7, 11) is -0.985. The zero-order chi connectivity index (χ0) is 18.4. The summed E-state index contributed by atoms with van der Waals surface area (Å²) in [5.41, 5.74) is 2.04. The summed E-state index contributed by atoms with van der Waals surface area (Å²) in [5, 5.41) is 2.17. The van der Waals surface area contributed by atoms with Gasteiger partial charge in [-0.15, -0.1) is 0 Å². The van der Waals surface area contributed by atoms with Crippen LogP contribution >= 0.6 is 10.5 Å². The van der Waals surface area contributed by atoms with Crippen LogP contribution in [0.4, 0.5) is 13.6 Å². The van der Waals surface area contributed by atoms with Gasteiger partial charge < -0.3 is 4.57 Å². The molecule has 1 aromatic heterocycles. The standard InChI is InChI=1S/C19H14F2N2O2S/c1-26-17(18(24)22-19(26)25)15-3-2-4-16-14(15)5-6-23(16)10-11-7-12(20)9-13(21)8-11/h2-9,17H,1,10H2,(H,22,24,25). The molecular weight excluding hydrogens is 358 g/mol. The van der Waals surface area contributed by atoms with Crippen LogP contribution in [0.15, 0.2) is 48.7 Å². The number of amides is 2. The Morgan fingerprint density at radius 2 is 1.85 bits per heavy atom. The number of halogens is 2. The average Bonchev–Trinajstić information content (AvgIpc) is 3.08. The molecule has 2 atom stereocenters. The van der Waals surface area contributed by atoms with Gasteiger partial charge in [0.15, 0.2) is 0 Å². The highest BCUT2D eigenvalue weighted by Crippen LogP contribution is 2.42. The number of carbonyl (C=O) groups is 2. The fourth-order valence-electron chi connectivity index (χ4n) is 3.28. The molecule has 4 nitrogen and oxygen atoms in total. The van der Waals surface area contributed by atoms with Gasteiger partial charge in [-0.3, -0.25) is 14.9 Å². The predicted octanol–water partition coefficient (Wildman–Crippen LogP) is 3.96. The van der Waals surface area contributed by atoms with E-state index in [1.165, 1.54) is 12.1 Å². The number of rotatable bonds is 3. The molecule has 0 aliphatic carbocycles. The Labute approximate surface area is 150 Å². The van der Waals surface area contributed by atoms with Crippen LogP contribution in [0.5, 0.6) is 0 Å². The Bertz CT molecular complexity index is 1070. The van der Waals surface area contributed by atoms with E-state index in [4.69, 9.17) is 0 Å². The van der Waals surface area contributed by atoms with Crippen molar-refractivity contribution in [1.29, 1.82) is 0 Å². The highest BCUT2D eigenvalue weighted by Gasteiger charge is 2.36. The summed E-state index contributed by atoms with van der Waals surface area (Å²) < 4.78 is 28.7. The van der Waals surface area contributed by atoms with Gasteiger partial charge in [0.05, 0.1) is 0 Å². The number of nitrogens with zero attached hydrogens (tertiary/aromatic N) is 1. The molecule has 2 unspecified atom stereocenters. The summed E-state index contributed by atoms with van der Waals surface area (Å²) in [6.07, 6.45) is 1.80. The maximum Gasteiger partial charge on any atom is 0.280 e. The normalized spacial score (nSPS) is 19.9. The van der Waals surface area contributed by atoms with Gasteiger partial charge in [-0.1, -0.05) is 28.5 Å². The molecule has 3 aromatic rings. The van der Waals surface area contributed by atoms with E-state index in [0.717, 1.165) is 22.5 Å². The molecule has 132 valence electrons.